The van der Waals surface area contributed by atoms with Crippen LogP contribution in [0.2, 0.25) is 15.1 Å². The first kappa shape index (κ1) is 19.0. The Hall–Kier alpha value is -1.73. The average molecular weight is 428 g/mol. The van der Waals surface area contributed by atoms with Gasteiger partial charge in [-0.25, -0.2) is 0 Å². The Morgan fingerprint density at radius 3 is 2.58 bits per heavy atom. The lowest BCUT2D eigenvalue weighted by molar-refractivity contribution is -0.113. The minimum Gasteiger partial charge on any atom is -0.324 e. The van der Waals surface area contributed by atoms with Crippen molar-refractivity contribution in [1.29, 1.82) is 0 Å². The molecule has 3 aromatic rings. The summed E-state index contributed by atoms with van der Waals surface area (Å²) in [5.41, 5.74) is 1.35. The summed E-state index contributed by atoms with van der Waals surface area (Å²) in [6.45, 7) is 1.84. The first-order valence-electron chi connectivity index (χ1n) is 7.50. The second-order valence-corrected chi connectivity index (χ2v) is 7.44. The molecule has 0 fully saturated rings. The fourth-order valence-electron chi connectivity index (χ4n) is 2.24. The van der Waals surface area contributed by atoms with Crippen molar-refractivity contribution in [2.24, 2.45) is 0 Å². The van der Waals surface area contributed by atoms with E-state index in [9.17, 15) is 4.79 Å². The molecular weight excluding hydrogens is 415 g/mol. The molecule has 0 saturated carbocycles. The predicted molar refractivity (Wildman–Crippen MR) is 107 cm³/mol. The van der Waals surface area contributed by atoms with E-state index in [0.717, 1.165) is 5.69 Å². The number of hydrogen-bond acceptors (Lipinski definition) is 4. The van der Waals surface area contributed by atoms with Gasteiger partial charge in [0.2, 0.25) is 5.91 Å². The van der Waals surface area contributed by atoms with Gasteiger partial charge in [0, 0.05) is 10.7 Å². The molecule has 1 N–H and O–H groups in total. The number of rotatable bonds is 5. The van der Waals surface area contributed by atoms with E-state index in [1.165, 1.54) is 11.8 Å². The number of carbonyl (C=O) groups excluding carboxylic acids is 1. The highest BCUT2D eigenvalue weighted by Crippen LogP contribution is 2.30. The third kappa shape index (κ3) is 4.32. The van der Waals surface area contributed by atoms with Gasteiger partial charge < -0.3 is 5.32 Å². The van der Waals surface area contributed by atoms with E-state index in [-0.39, 0.29) is 11.7 Å². The molecule has 5 nitrogen and oxygen atoms in total. The van der Waals surface area contributed by atoms with Crippen molar-refractivity contribution < 1.29 is 4.79 Å². The summed E-state index contributed by atoms with van der Waals surface area (Å²) in [5, 5.41) is 12.9. The molecule has 0 saturated heterocycles. The minimum absolute atomic E-state index is 0.147. The van der Waals surface area contributed by atoms with Crippen molar-refractivity contribution in [3.63, 3.8) is 0 Å². The van der Waals surface area contributed by atoms with E-state index in [1.807, 2.05) is 23.6 Å². The smallest absolute Gasteiger partial charge is 0.234 e. The third-order valence-corrected chi connectivity index (χ3v) is 5.44. The molecule has 2 aromatic carbocycles. The van der Waals surface area contributed by atoms with Crippen LogP contribution >= 0.6 is 46.6 Å². The summed E-state index contributed by atoms with van der Waals surface area (Å²) in [6.07, 6.45) is 0. The van der Waals surface area contributed by atoms with Crippen LogP contribution in [0.15, 0.2) is 47.6 Å². The molecule has 26 heavy (non-hydrogen) atoms. The Kier molecular flexibility index (Phi) is 6.09. The fraction of sp³-hybridized carbons (Fsp3) is 0.118. The molecular formula is C17H13Cl3N4OS. The van der Waals surface area contributed by atoms with Crippen LogP contribution in [0.5, 0.6) is 0 Å². The number of anilines is 1. The maximum Gasteiger partial charge on any atom is 0.234 e. The lowest BCUT2D eigenvalue weighted by Gasteiger charge is -2.10. The third-order valence-electron chi connectivity index (χ3n) is 3.44. The molecule has 1 heterocycles. The molecule has 1 aromatic heterocycles. The van der Waals surface area contributed by atoms with Crippen LogP contribution in [-0.2, 0) is 4.79 Å². The van der Waals surface area contributed by atoms with Gasteiger partial charge in [-0.05, 0) is 43.3 Å². The van der Waals surface area contributed by atoms with Crippen LogP contribution in [0.1, 0.15) is 5.82 Å². The summed E-state index contributed by atoms with van der Waals surface area (Å²) in [7, 11) is 0. The first-order valence-corrected chi connectivity index (χ1v) is 9.62. The number of amides is 1. The van der Waals surface area contributed by atoms with Gasteiger partial charge in [-0.15, -0.1) is 10.2 Å². The van der Waals surface area contributed by atoms with Gasteiger partial charge >= 0.3 is 0 Å². The molecule has 9 heteroatoms. The quantitative estimate of drug-likeness (QED) is 0.564. The van der Waals surface area contributed by atoms with E-state index in [0.29, 0.717) is 31.7 Å². The minimum atomic E-state index is -0.220. The monoisotopic (exact) mass is 426 g/mol. The fourth-order valence-corrected chi connectivity index (χ4v) is 3.51. The zero-order chi connectivity index (χ0) is 18.7. The average Bonchev–Trinajstić information content (AvgIpc) is 2.99. The van der Waals surface area contributed by atoms with E-state index < -0.39 is 0 Å². The normalized spacial score (nSPS) is 10.8. The summed E-state index contributed by atoms with van der Waals surface area (Å²) in [6, 6.07) is 12.4. The predicted octanol–water partition coefficient (Wildman–Crippen LogP) is 5.27. The molecule has 0 bridgehead atoms. The van der Waals surface area contributed by atoms with Crippen molar-refractivity contribution in [2.45, 2.75) is 12.1 Å². The first-order chi connectivity index (χ1) is 12.5. The highest BCUT2D eigenvalue weighted by molar-refractivity contribution is 7.99. The molecule has 3 rings (SSSR count). The van der Waals surface area contributed by atoms with Crippen LogP contribution in [0.3, 0.4) is 0 Å². The second kappa shape index (κ2) is 8.31. The van der Waals surface area contributed by atoms with Gasteiger partial charge in [0.1, 0.15) is 5.82 Å². The van der Waals surface area contributed by atoms with E-state index in [2.05, 4.69) is 15.5 Å². The molecule has 0 atom stereocenters. The molecule has 1 amide bonds. The molecule has 0 unspecified atom stereocenters. The maximum atomic E-state index is 12.2. The number of aromatic nitrogens is 3. The molecule has 0 aliphatic carbocycles. The second-order valence-electron chi connectivity index (χ2n) is 5.28. The van der Waals surface area contributed by atoms with Gasteiger partial charge in [-0.3, -0.25) is 9.36 Å². The highest BCUT2D eigenvalue weighted by Gasteiger charge is 2.14. The van der Waals surface area contributed by atoms with Crippen LogP contribution in [0.4, 0.5) is 5.69 Å². The van der Waals surface area contributed by atoms with Gasteiger partial charge in [0.05, 0.1) is 21.5 Å². The summed E-state index contributed by atoms with van der Waals surface area (Å²) < 4.78 is 1.86. The standard InChI is InChI=1S/C17H13Cl3N4OS/c1-10-22-23-17(24(10)12-7-5-11(18)6-8-12)26-9-15(25)21-14-4-2-3-13(19)16(14)20/h2-8H,9H2,1H3,(H,21,25). The summed E-state index contributed by atoms with van der Waals surface area (Å²) >= 11 is 19.2. The van der Waals surface area contributed by atoms with Crippen molar-refractivity contribution >= 4 is 58.2 Å². The zero-order valence-electron chi connectivity index (χ0n) is 13.5. The number of aryl methyl sites for hydroxylation is 1. The molecule has 134 valence electrons. The number of halogens is 3. The van der Waals surface area contributed by atoms with Crippen LogP contribution in [-0.4, -0.2) is 26.4 Å². The van der Waals surface area contributed by atoms with Crippen molar-refractivity contribution in [2.75, 3.05) is 11.1 Å². The van der Waals surface area contributed by atoms with Crippen LogP contribution in [0.25, 0.3) is 5.69 Å². The van der Waals surface area contributed by atoms with Crippen LogP contribution in [0, 0.1) is 6.92 Å². The number of benzene rings is 2. The Bertz CT molecular complexity index is 944. The Morgan fingerprint density at radius 2 is 1.85 bits per heavy atom. The SMILES string of the molecule is Cc1nnc(SCC(=O)Nc2cccc(Cl)c2Cl)n1-c1ccc(Cl)cc1. The molecule has 0 radical (unpaired) electrons. The van der Waals surface area contributed by atoms with Crippen molar-refractivity contribution in [1.82, 2.24) is 14.8 Å². The lowest BCUT2D eigenvalue weighted by atomic mass is 10.3. The van der Waals surface area contributed by atoms with Gasteiger partial charge in [-0.2, -0.15) is 0 Å². The summed E-state index contributed by atoms with van der Waals surface area (Å²) in [5.74, 6) is 0.643. The zero-order valence-corrected chi connectivity index (χ0v) is 16.6. The van der Waals surface area contributed by atoms with E-state index in [4.69, 9.17) is 34.8 Å². The van der Waals surface area contributed by atoms with Gasteiger partial charge in [-0.1, -0.05) is 52.6 Å². The number of thioether (sulfide) groups is 1. The molecule has 0 aliphatic heterocycles. The van der Waals surface area contributed by atoms with Crippen molar-refractivity contribution in [3.05, 3.63) is 63.4 Å². The number of nitrogens with one attached hydrogen (secondary N) is 1. The molecule has 0 spiro atoms. The Labute approximate surface area is 169 Å². The largest absolute Gasteiger partial charge is 0.324 e. The van der Waals surface area contributed by atoms with Gasteiger partial charge in [0.15, 0.2) is 5.16 Å². The number of nitrogens with zero attached hydrogens (tertiary/aromatic N) is 3. The maximum absolute atomic E-state index is 12.2. The Morgan fingerprint density at radius 1 is 1.12 bits per heavy atom. The summed E-state index contributed by atoms with van der Waals surface area (Å²) in [4.78, 5) is 12.2. The van der Waals surface area contributed by atoms with Gasteiger partial charge in [0.25, 0.3) is 0 Å². The van der Waals surface area contributed by atoms with E-state index >= 15 is 0 Å². The topological polar surface area (TPSA) is 59.8 Å². The van der Waals surface area contributed by atoms with Crippen molar-refractivity contribution in [3.8, 4) is 5.69 Å². The number of carbonyl (C=O) groups is 1. The number of hydrogen-bond donors (Lipinski definition) is 1. The Balaban J connectivity index is 1.71. The highest BCUT2D eigenvalue weighted by atomic mass is 35.5. The lowest BCUT2D eigenvalue weighted by Crippen LogP contribution is -2.15. The van der Waals surface area contributed by atoms with Crippen LogP contribution < -0.4 is 5.32 Å². The van der Waals surface area contributed by atoms with E-state index in [1.54, 1.807) is 30.3 Å². The molecule has 0 aliphatic rings.